The van der Waals surface area contributed by atoms with Crippen molar-refractivity contribution in [2.75, 3.05) is 32.6 Å². The summed E-state index contributed by atoms with van der Waals surface area (Å²) in [5.41, 5.74) is 0.787. The minimum absolute atomic E-state index is 0. The smallest absolute Gasteiger partial charge is 0.238 e. The summed E-state index contributed by atoms with van der Waals surface area (Å²) in [6.45, 7) is 2.96. The van der Waals surface area contributed by atoms with E-state index in [2.05, 4.69) is 5.32 Å². The average Bonchev–Trinajstić information content (AvgIpc) is 2.20. The summed E-state index contributed by atoms with van der Waals surface area (Å²) in [7, 11) is 3.72. The average molecular weight is 259 g/mol. The molecule has 17 heavy (non-hydrogen) atoms. The lowest BCUT2D eigenvalue weighted by Gasteiger charge is -2.10. The normalized spacial score (nSPS) is 9.65. The van der Waals surface area contributed by atoms with Crippen LogP contribution in [0.4, 0.5) is 5.69 Å². The number of anilines is 1. The highest BCUT2D eigenvalue weighted by atomic mass is 35.5. The summed E-state index contributed by atoms with van der Waals surface area (Å²) in [5, 5.41) is 2.81. The molecule has 4 nitrogen and oxygen atoms in total. The number of ether oxygens (including phenoxy) is 1. The highest BCUT2D eigenvalue weighted by molar-refractivity contribution is 5.92. The summed E-state index contributed by atoms with van der Waals surface area (Å²) in [6, 6.07) is 7.35. The zero-order valence-corrected chi connectivity index (χ0v) is 11.2. The third-order valence-electron chi connectivity index (χ3n) is 1.91. The molecule has 0 spiro atoms. The van der Waals surface area contributed by atoms with Crippen LogP contribution in [0.5, 0.6) is 5.75 Å². The van der Waals surface area contributed by atoms with E-state index in [0.29, 0.717) is 13.2 Å². The van der Waals surface area contributed by atoms with Crippen molar-refractivity contribution in [1.82, 2.24) is 4.90 Å². The Morgan fingerprint density at radius 2 is 1.88 bits per heavy atom. The van der Waals surface area contributed by atoms with Gasteiger partial charge < -0.3 is 15.0 Å². The number of amides is 1. The molecule has 96 valence electrons. The van der Waals surface area contributed by atoms with E-state index in [-0.39, 0.29) is 18.3 Å². The van der Waals surface area contributed by atoms with E-state index in [4.69, 9.17) is 4.74 Å². The van der Waals surface area contributed by atoms with E-state index >= 15 is 0 Å². The Morgan fingerprint density at radius 3 is 2.35 bits per heavy atom. The van der Waals surface area contributed by atoms with Gasteiger partial charge in [-0.2, -0.15) is 0 Å². The van der Waals surface area contributed by atoms with Gasteiger partial charge in [-0.15, -0.1) is 12.4 Å². The van der Waals surface area contributed by atoms with Crippen LogP contribution in [0.15, 0.2) is 24.3 Å². The Labute approximate surface area is 108 Å². The van der Waals surface area contributed by atoms with Crippen molar-refractivity contribution in [3.8, 4) is 5.75 Å². The molecular weight excluding hydrogens is 240 g/mol. The minimum Gasteiger partial charge on any atom is -0.494 e. The number of halogens is 1. The van der Waals surface area contributed by atoms with E-state index < -0.39 is 0 Å². The van der Waals surface area contributed by atoms with Crippen LogP contribution >= 0.6 is 12.4 Å². The second kappa shape index (κ2) is 7.92. The molecule has 0 aromatic heterocycles. The molecule has 1 rings (SSSR count). The maximum absolute atomic E-state index is 11.4. The van der Waals surface area contributed by atoms with Gasteiger partial charge in [-0.3, -0.25) is 4.79 Å². The first-order chi connectivity index (χ1) is 7.61. The van der Waals surface area contributed by atoms with Gasteiger partial charge >= 0.3 is 0 Å². The van der Waals surface area contributed by atoms with Crippen LogP contribution < -0.4 is 10.1 Å². The summed E-state index contributed by atoms with van der Waals surface area (Å²) in [4.78, 5) is 13.3. The predicted molar refractivity (Wildman–Crippen MR) is 72.0 cm³/mol. The molecule has 0 aliphatic rings. The fraction of sp³-hybridized carbons (Fsp3) is 0.417. The third kappa shape index (κ3) is 6.14. The lowest BCUT2D eigenvalue weighted by atomic mass is 10.3. The third-order valence-corrected chi connectivity index (χ3v) is 1.91. The topological polar surface area (TPSA) is 41.6 Å². The fourth-order valence-electron chi connectivity index (χ4n) is 1.29. The van der Waals surface area contributed by atoms with Crippen molar-refractivity contribution in [2.24, 2.45) is 0 Å². The number of benzene rings is 1. The zero-order chi connectivity index (χ0) is 12.0. The lowest BCUT2D eigenvalue weighted by Crippen LogP contribution is -2.27. The Morgan fingerprint density at radius 1 is 1.29 bits per heavy atom. The molecule has 0 unspecified atom stereocenters. The number of nitrogens with one attached hydrogen (secondary N) is 1. The second-order valence-corrected chi connectivity index (χ2v) is 3.74. The molecule has 0 aliphatic heterocycles. The van der Waals surface area contributed by atoms with Crippen LogP contribution in [0.3, 0.4) is 0 Å². The molecule has 0 heterocycles. The van der Waals surface area contributed by atoms with Gasteiger partial charge in [0.25, 0.3) is 0 Å². The summed E-state index contributed by atoms with van der Waals surface area (Å²) >= 11 is 0. The van der Waals surface area contributed by atoms with E-state index in [9.17, 15) is 4.79 Å². The van der Waals surface area contributed by atoms with E-state index in [1.807, 2.05) is 50.2 Å². The first-order valence-corrected chi connectivity index (χ1v) is 5.29. The van der Waals surface area contributed by atoms with Crippen LogP contribution in [0.25, 0.3) is 0 Å². The molecule has 0 fully saturated rings. The van der Waals surface area contributed by atoms with Crippen molar-refractivity contribution in [1.29, 1.82) is 0 Å². The predicted octanol–water partition coefficient (Wildman–Crippen LogP) is 2.01. The first kappa shape index (κ1) is 15.7. The maximum Gasteiger partial charge on any atom is 0.238 e. The molecule has 5 heteroatoms. The zero-order valence-electron chi connectivity index (χ0n) is 10.4. The van der Waals surface area contributed by atoms with Crippen molar-refractivity contribution >= 4 is 24.0 Å². The molecule has 1 N–H and O–H groups in total. The van der Waals surface area contributed by atoms with Gasteiger partial charge in [0, 0.05) is 5.69 Å². The standard InChI is InChI=1S/C12H18N2O2.ClH/c1-4-16-11-7-5-10(6-8-11)13-12(15)9-14(2)3;/h5-8H,4,9H2,1-3H3,(H,13,15);1H. The lowest BCUT2D eigenvalue weighted by molar-refractivity contribution is -0.116. The van der Waals surface area contributed by atoms with Gasteiger partial charge in [0.2, 0.25) is 5.91 Å². The number of nitrogens with zero attached hydrogens (tertiary/aromatic N) is 1. The number of rotatable bonds is 5. The van der Waals surface area contributed by atoms with E-state index in [1.165, 1.54) is 0 Å². The Hall–Kier alpha value is -1.26. The molecule has 0 bridgehead atoms. The molecule has 0 atom stereocenters. The molecule has 0 saturated carbocycles. The minimum atomic E-state index is -0.0193. The van der Waals surface area contributed by atoms with Crippen LogP contribution in [0.2, 0.25) is 0 Å². The van der Waals surface area contributed by atoms with Crippen molar-refractivity contribution in [3.05, 3.63) is 24.3 Å². The first-order valence-electron chi connectivity index (χ1n) is 5.29. The van der Waals surface area contributed by atoms with Gasteiger partial charge in [-0.1, -0.05) is 0 Å². The Kier molecular flexibility index (Phi) is 7.34. The Balaban J connectivity index is 0.00000256. The number of hydrogen-bond acceptors (Lipinski definition) is 3. The van der Waals surface area contributed by atoms with Gasteiger partial charge in [0.15, 0.2) is 0 Å². The molecular formula is C12H19ClN2O2. The highest BCUT2D eigenvalue weighted by Crippen LogP contribution is 2.15. The number of hydrogen-bond donors (Lipinski definition) is 1. The number of carbonyl (C=O) groups is 1. The largest absolute Gasteiger partial charge is 0.494 e. The van der Waals surface area contributed by atoms with Crippen LogP contribution in [0, 0.1) is 0 Å². The van der Waals surface area contributed by atoms with Crippen LogP contribution in [-0.4, -0.2) is 38.1 Å². The highest BCUT2D eigenvalue weighted by Gasteiger charge is 2.03. The SMILES string of the molecule is CCOc1ccc(NC(=O)CN(C)C)cc1.Cl. The monoisotopic (exact) mass is 258 g/mol. The quantitative estimate of drug-likeness (QED) is 0.879. The molecule has 0 saturated heterocycles. The van der Waals surface area contributed by atoms with Crippen molar-refractivity contribution in [2.45, 2.75) is 6.92 Å². The van der Waals surface area contributed by atoms with Gasteiger partial charge in [0.1, 0.15) is 5.75 Å². The molecule has 1 aromatic carbocycles. The fourth-order valence-corrected chi connectivity index (χ4v) is 1.29. The summed E-state index contributed by atoms with van der Waals surface area (Å²) in [5.74, 6) is 0.794. The number of likely N-dealkylation sites (N-methyl/N-ethyl adjacent to an activating group) is 1. The van der Waals surface area contributed by atoms with E-state index in [0.717, 1.165) is 11.4 Å². The summed E-state index contributed by atoms with van der Waals surface area (Å²) in [6.07, 6.45) is 0. The molecule has 0 aliphatic carbocycles. The molecule has 0 radical (unpaired) electrons. The van der Waals surface area contributed by atoms with Gasteiger partial charge in [-0.25, -0.2) is 0 Å². The second-order valence-electron chi connectivity index (χ2n) is 3.74. The molecule has 1 amide bonds. The molecule has 1 aromatic rings. The van der Waals surface area contributed by atoms with Crippen LogP contribution in [-0.2, 0) is 4.79 Å². The van der Waals surface area contributed by atoms with Crippen molar-refractivity contribution < 1.29 is 9.53 Å². The number of carbonyl (C=O) groups excluding carboxylic acids is 1. The Bertz CT molecular complexity index is 339. The maximum atomic E-state index is 11.4. The summed E-state index contributed by atoms with van der Waals surface area (Å²) < 4.78 is 5.31. The van der Waals surface area contributed by atoms with E-state index in [1.54, 1.807) is 0 Å². The van der Waals surface area contributed by atoms with Crippen LogP contribution in [0.1, 0.15) is 6.92 Å². The van der Waals surface area contributed by atoms with Crippen molar-refractivity contribution in [3.63, 3.8) is 0 Å². The van der Waals surface area contributed by atoms with Gasteiger partial charge in [0.05, 0.1) is 13.2 Å². The van der Waals surface area contributed by atoms with Gasteiger partial charge in [-0.05, 0) is 45.3 Å².